The Morgan fingerprint density at radius 1 is 0.972 bits per heavy atom. The second-order valence-electron chi connectivity index (χ2n) is 9.81. The third-order valence-electron chi connectivity index (χ3n) is 7.34. The van der Waals surface area contributed by atoms with Crippen LogP contribution in [-0.4, -0.2) is 74.2 Å². The van der Waals surface area contributed by atoms with Gasteiger partial charge in [-0.2, -0.15) is 0 Å². The topological polar surface area (TPSA) is 54.5 Å². The lowest BCUT2D eigenvalue weighted by atomic mass is 9.95. The molecule has 0 spiro atoms. The normalized spacial score (nSPS) is 18.6. The molecular weight excluding hydrogens is 454 g/mol. The predicted molar refractivity (Wildman–Crippen MR) is 142 cm³/mol. The number of carbonyl (C=O) groups is 1. The van der Waals surface area contributed by atoms with E-state index >= 15 is 0 Å². The highest BCUT2D eigenvalue weighted by Crippen LogP contribution is 2.29. The van der Waals surface area contributed by atoms with Crippen molar-refractivity contribution in [3.63, 3.8) is 0 Å². The molecule has 2 heterocycles. The lowest BCUT2D eigenvalue weighted by molar-refractivity contribution is -0.137. The molecule has 36 heavy (non-hydrogen) atoms. The Balaban J connectivity index is 1.43. The number of piperidine rings is 1. The van der Waals surface area contributed by atoms with E-state index in [1.165, 1.54) is 11.1 Å². The van der Waals surface area contributed by atoms with Crippen LogP contribution >= 0.6 is 0 Å². The van der Waals surface area contributed by atoms with Crippen LogP contribution in [0, 0.1) is 5.92 Å². The molecule has 0 radical (unpaired) electrons. The van der Waals surface area contributed by atoms with Gasteiger partial charge < -0.3 is 19.1 Å². The number of carbonyl (C=O) groups excluding carboxylic acids is 1. The van der Waals surface area contributed by atoms with Crippen LogP contribution in [0.15, 0.2) is 36.4 Å². The maximum absolute atomic E-state index is 12.9. The average molecular weight is 496 g/mol. The van der Waals surface area contributed by atoms with Crippen LogP contribution in [0.25, 0.3) is 0 Å². The van der Waals surface area contributed by atoms with Gasteiger partial charge in [0.25, 0.3) is 0 Å². The molecule has 1 amide bonds. The van der Waals surface area contributed by atoms with Crippen LogP contribution in [0.2, 0.25) is 0 Å². The van der Waals surface area contributed by atoms with Crippen LogP contribution in [0.1, 0.15) is 43.4 Å². The summed E-state index contributed by atoms with van der Waals surface area (Å²) in [5.74, 6) is 3.00. The molecule has 0 bridgehead atoms. The van der Waals surface area contributed by atoms with Gasteiger partial charge in [0.15, 0.2) is 0 Å². The molecule has 1 fully saturated rings. The number of hydrogen-bond donors (Lipinski definition) is 0. The van der Waals surface area contributed by atoms with Crippen molar-refractivity contribution in [1.29, 1.82) is 0 Å². The molecule has 0 aromatic heterocycles. The molecule has 0 N–H and O–H groups in total. The highest BCUT2D eigenvalue weighted by molar-refractivity contribution is 5.79. The van der Waals surface area contributed by atoms with E-state index in [0.717, 1.165) is 88.0 Å². The standard InChI is InChI=1S/C29H41N3O4/c1-5-32(6-2)29(33)24-8-7-11-30(20-24)18-22-9-10-28-25(14-22)21-31(12-13-36-28)19-23-15-26(34-3)17-27(16-23)35-4/h9-10,14-17,24H,5-8,11-13,18-21H2,1-4H3/t24-/m0/s1. The largest absolute Gasteiger partial charge is 0.497 e. The van der Waals surface area contributed by atoms with Gasteiger partial charge in [-0.05, 0) is 68.6 Å². The quantitative estimate of drug-likeness (QED) is 0.520. The summed E-state index contributed by atoms with van der Waals surface area (Å²) in [5.41, 5.74) is 3.65. The summed E-state index contributed by atoms with van der Waals surface area (Å²) in [6.45, 7) is 11.6. The molecule has 1 saturated heterocycles. The number of ether oxygens (including phenoxy) is 3. The summed E-state index contributed by atoms with van der Waals surface area (Å²) in [5, 5.41) is 0. The summed E-state index contributed by atoms with van der Waals surface area (Å²) < 4.78 is 17.0. The number of nitrogens with zero attached hydrogens (tertiary/aromatic N) is 3. The molecule has 0 saturated carbocycles. The summed E-state index contributed by atoms with van der Waals surface area (Å²) in [6.07, 6.45) is 2.07. The van der Waals surface area contributed by atoms with Gasteiger partial charge in [-0.3, -0.25) is 14.6 Å². The summed E-state index contributed by atoms with van der Waals surface area (Å²) >= 11 is 0. The van der Waals surface area contributed by atoms with Gasteiger partial charge >= 0.3 is 0 Å². The first-order valence-corrected chi connectivity index (χ1v) is 13.2. The lowest BCUT2D eigenvalue weighted by Gasteiger charge is -2.34. The smallest absolute Gasteiger partial charge is 0.226 e. The van der Waals surface area contributed by atoms with E-state index in [-0.39, 0.29) is 5.92 Å². The molecule has 2 aromatic carbocycles. The lowest BCUT2D eigenvalue weighted by Crippen LogP contribution is -2.44. The Morgan fingerprint density at radius 3 is 2.39 bits per heavy atom. The fraction of sp³-hybridized carbons (Fsp3) is 0.552. The SMILES string of the molecule is CCN(CC)C(=O)[C@H]1CCCN(Cc2ccc3c(c2)CN(Cc2cc(OC)cc(OC)c2)CCO3)C1. The van der Waals surface area contributed by atoms with Crippen molar-refractivity contribution in [1.82, 2.24) is 14.7 Å². The minimum atomic E-state index is 0.109. The van der Waals surface area contributed by atoms with Gasteiger partial charge in [-0.15, -0.1) is 0 Å². The Bertz CT molecular complexity index is 1000. The van der Waals surface area contributed by atoms with E-state index in [4.69, 9.17) is 14.2 Å². The first-order chi connectivity index (χ1) is 17.5. The highest BCUT2D eigenvalue weighted by atomic mass is 16.5. The van der Waals surface area contributed by atoms with Crippen LogP contribution in [0.4, 0.5) is 0 Å². The summed E-state index contributed by atoms with van der Waals surface area (Å²) in [7, 11) is 3.36. The Labute approximate surface area is 215 Å². The van der Waals surface area contributed by atoms with Crippen LogP contribution in [0.5, 0.6) is 17.2 Å². The first-order valence-electron chi connectivity index (χ1n) is 13.2. The van der Waals surface area contributed by atoms with E-state index in [1.807, 2.05) is 11.0 Å². The number of fused-ring (bicyclic) bond motifs is 1. The highest BCUT2D eigenvalue weighted by Gasteiger charge is 2.28. The Kier molecular flexibility index (Phi) is 9.10. The molecular formula is C29H41N3O4. The molecule has 7 nitrogen and oxygen atoms in total. The minimum absolute atomic E-state index is 0.109. The Hall–Kier alpha value is -2.77. The van der Waals surface area contributed by atoms with Crippen molar-refractivity contribution >= 4 is 5.91 Å². The van der Waals surface area contributed by atoms with Crippen LogP contribution in [-0.2, 0) is 24.4 Å². The maximum atomic E-state index is 12.9. The van der Waals surface area contributed by atoms with E-state index in [9.17, 15) is 4.79 Å². The van der Waals surface area contributed by atoms with E-state index < -0.39 is 0 Å². The van der Waals surface area contributed by atoms with Crippen molar-refractivity contribution < 1.29 is 19.0 Å². The molecule has 196 valence electrons. The van der Waals surface area contributed by atoms with Crippen LogP contribution < -0.4 is 14.2 Å². The predicted octanol–water partition coefficient (Wildman–Crippen LogP) is 4.18. The molecule has 2 aliphatic rings. The monoisotopic (exact) mass is 495 g/mol. The zero-order chi connectivity index (χ0) is 25.5. The van der Waals surface area contributed by atoms with Crippen molar-refractivity contribution in [2.45, 2.75) is 46.3 Å². The molecule has 0 unspecified atom stereocenters. The number of rotatable bonds is 9. The van der Waals surface area contributed by atoms with E-state index in [1.54, 1.807) is 14.2 Å². The van der Waals surface area contributed by atoms with E-state index in [0.29, 0.717) is 12.5 Å². The molecule has 4 rings (SSSR count). The second kappa shape index (κ2) is 12.5. The average Bonchev–Trinajstić information content (AvgIpc) is 3.10. The van der Waals surface area contributed by atoms with Gasteiger partial charge in [-0.1, -0.05) is 6.07 Å². The van der Waals surface area contributed by atoms with Crippen molar-refractivity contribution in [3.8, 4) is 17.2 Å². The number of benzene rings is 2. The van der Waals surface area contributed by atoms with Crippen LogP contribution in [0.3, 0.4) is 0 Å². The van der Waals surface area contributed by atoms with Gasteiger partial charge in [0.2, 0.25) is 5.91 Å². The van der Waals surface area contributed by atoms with Gasteiger partial charge in [0.05, 0.1) is 20.1 Å². The fourth-order valence-electron chi connectivity index (χ4n) is 5.40. The zero-order valence-corrected chi connectivity index (χ0v) is 22.3. The number of hydrogen-bond acceptors (Lipinski definition) is 6. The van der Waals surface area contributed by atoms with Gasteiger partial charge in [0.1, 0.15) is 23.9 Å². The van der Waals surface area contributed by atoms with Gasteiger partial charge in [0, 0.05) is 57.4 Å². The molecule has 0 aliphatic carbocycles. The maximum Gasteiger partial charge on any atom is 0.226 e. The minimum Gasteiger partial charge on any atom is -0.497 e. The number of amides is 1. The molecule has 2 aromatic rings. The zero-order valence-electron chi connectivity index (χ0n) is 22.3. The van der Waals surface area contributed by atoms with Gasteiger partial charge in [-0.25, -0.2) is 0 Å². The van der Waals surface area contributed by atoms with E-state index in [2.05, 4.69) is 54.0 Å². The first kappa shape index (κ1) is 26.3. The third kappa shape index (κ3) is 6.51. The second-order valence-corrected chi connectivity index (χ2v) is 9.81. The number of likely N-dealkylation sites (tertiary alicyclic amines) is 1. The number of methoxy groups -OCH3 is 2. The fourth-order valence-corrected chi connectivity index (χ4v) is 5.40. The summed E-state index contributed by atoms with van der Waals surface area (Å²) in [6, 6.07) is 12.6. The molecule has 2 aliphatic heterocycles. The van der Waals surface area contributed by atoms with Crippen molar-refractivity contribution in [3.05, 3.63) is 53.1 Å². The van der Waals surface area contributed by atoms with Crippen molar-refractivity contribution in [2.75, 3.05) is 53.6 Å². The molecule has 1 atom stereocenters. The molecule has 7 heteroatoms. The third-order valence-corrected chi connectivity index (χ3v) is 7.34. The Morgan fingerprint density at radius 2 is 1.69 bits per heavy atom. The van der Waals surface area contributed by atoms with Crippen molar-refractivity contribution in [2.24, 2.45) is 5.92 Å². The summed E-state index contributed by atoms with van der Waals surface area (Å²) in [4.78, 5) is 19.7.